The van der Waals surface area contributed by atoms with Crippen molar-refractivity contribution in [1.29, 1.82) is 0 Å². The SMILES string of the molecule is C[C@]12CC[C@@H]3c4ccc(OC(=O)c5ccccc5)cc4CC[C@H]3[C@@H]1CC[C@@H]2OCCOCCCCc1ccc(N(CCCl)CCCl)cc1. The Bertz CT molecular complexity index is 1460. The molecule has 3 aromatic carbocycles. The largest absolute Gasteiger partial charge is 0.423 e. The predicted octanol–water partition coefficient (Wildman–Crippen LogP) is 9.47. The Hall–Kier alpha value is -2.57. The first kappa shape index (κ1) is 35.3. The van der Waals surface area contributed by atoms with Crippen LogP contribution in [-0.2, 0) is 22.3 Å². The molecule has 0 bridgehead atoms. The lowest BCUT2D eigenvalue weighted by molar-refractivity contribution is -0.0771. The zero-order chi connectivity index (χ0) is 33.3. The standard InChI is InChI=1S/C41H51Cl2NO4/c1-41-21-20-36-35-17-15-34(48-40(45)31-8-3-2-4-9-31)29-32(35)12-16-37(36)38(41)18-19-39(41)47-28-27-46-26-6-5-7-30-10-13-33(14-11-30)44(24-22-42)25-23-43/h2-4,8-11,13-15,17,29,36-39H,5-7,12,16,18-28H2,1H3/t36-,37-,38+,39+,41+/m1/s1. The minimum Gasteiger partial charge on any atom is -0.423 e. The molecule has 0 aromatic heterocycles. The molecule has 5 atom stereocenters. The smallest absolute Gasteiger partial charge is 0.343 e. The van der Waals surface area contributed by atoms with Gasteiger partial charge in [-0.3, -0.25) is 0 Å². The summed E-state index contributed by atoms with van der Waals surface area (Å²) < 4.78 is 18.3. The zero-order valence-electron chi connectivity index (χ0n) is 28.4. The Labute approximate surface area is 297 Å². The lowest BCUT2D eigenvalue weighted by Gasteiger charge is -2.50. The van der Waals surface area contributed by atoms with Gasteiger partial charge in [0.15, 0.2) is 0 Å². The fraction of sp³-hybridized carbons (Fsp3) is 0.537. The number of halogens is 2. The number of fused-ring (bicyclic) bond motifs is 5. The molecule has 0 heterocycles. The Kier molecular flexibility index (Phi) is 12.4. The average molecular weight is 693 g/mol. The number of benzene rings is 3. The van der Waals surface area contributed by atoms with Gasteiger partial charge in [-0.05, 0) is 134 Å². The molecule has 3 aromatic rings. The Morgan fingerprint density at radius 1 is 0.875 bits per heavy atom. The number of hydrogen-bond acceptors (Lipinski definition) is 5. The molecule has 0 amide bonds. The third-order valence-corrected chi connectivity index (χ3v) is 11.7. The number of unbranched alkanes of at least 4 members (excludes halogenated alkanes) is 1. The highest BCUT2D eigenvalue weighted by Gasteiger charge is 2.55. The minimum absolute atomic E-state index is 0.240. The molecule has 3 aliphatic rings. The maximum absolute atomic E-state index is 12.6. The fourth-order valence-corrected chi connectivity index (χ4v) is 9.33. The van der Waals surface area contributed by atoms with Crippen LogP contribution in [-0.4, -0.2) is 56.7 Å². The molecule has 0 radical (unpaired) electrons. The van der Waals surface area contributed by atoms with Gasteiger partial charge >= 0.3 is 5.97 Å². The van der Waals surface area contributed by atoms with E-state index in [1.54, 1.807) is 12.1 Å². The molecule has 0 aliphatic heterocycles. The molecule has 0 spiro atoms. The Balaban J connectivity index is 0.909. The van der Waals surface area contributed by atoms with E-state index in [1.165, 1.54) is 48.1 Å². The number of nitrogens with zero attached hydrogens (tertiary/aromatic N) is 1. The van der Waals surface area contributed by atoms with Crippen molar-refractivity contribution in [2.75, 3.05) is 49.6 Å². The summed E-state index contributed by atoms with van der Waals surface area (Å²) >= 11 is 11.9. The molecule has 2 saturated carbocycles. The summed E-state index contributed by atoms with van der Waals surface area (Å²) in [5.74, 6) is 3.53. The van der Waals surface area contributed by atoms with Crippen molar-refractivity contribution in [3.8, 4) is 5.75 Å². The van der Waals surface area contributed by atoms with E-state index in [1.807, 2.05) is 24.3 Å². The van der Waals surface area contributed by atoms with Crippen molar-refractivity contribution in [2.45, 2.75) is 76.7 Å². The van der Waals surface area contributed by atoms with Gasteiger partial charge in [0.05, 0.1) is 24.9 Å². The van der Waals surface area contributed by atoms with E-state index in [0.717, 1.165) is 51.8 Å². The van der Waals surface area contributed by atoms with Crippen molar-refractivity contribution >= 4 is 34.9 Å². The van der Waals surface area contributed by atoms with Gasteiger partial charge in [-0.25, -0.2) is 4.79 Å². The Morgan fingerprint density at radius 2 is 1.67 bits per heavy atom. The maximum atomic E-state index is 12.6. The predicted molar refractivity (Wildman–Crippen MR) is 196 cm³/mol. The highest BCUT2D eigenvalue weighted by atomic mass is 35.5. The molecular formula is C41H51Cl2NO4. The van der Waals surface area contributed by atoms with Crippen LogP contribution >= 0.6 is 23.2 Å². The first-order valence-electron chi connectivity index (χ1n) is 18.1. The monoisotopic (exact) mass is 691 g/mol. The quantitative estimate of drug-likeness (QED) is 0.0648. The second-order valence-corrected chi connectivity index (χ2v) is 14.9. The molecule has 48 heavy (non-hydrogen) atoms. The molecule has 6 rings (SSSR count). The average Bonchev–Trinajstić information content (AvgIpc) is 3.45. The number of alkyl halides is 2. The van der Waals surface area contributed by atoms with Gasteiger partial charge in [0.25, 0.3) is 0 Å². The van der Waals surface area contributed by atoms with Crippen LogP contribution in [0, 0.1) is 17.3 Å². The van der Waals surface area contributed by atoms with Crippen molar-refractivity contribution in [3.05, 3.63) is 95.1 Å². The highest BCUT2D eigenvalue weighted by molar-refractivity contribution is 6.18. The number of carbonyl (C=O) groups is 1. The number of anilines is 1. The molecule has 2 fully saturated rings. The summed E-state index contributed by atoms with van der Waals surface area (Å²) in [5.41, 5.74) is 6.18. The third kappa shape index (κ3) is 8.24. The molecular weight excluding hydrogens is 641 g/mol. The van der Waals surface area contributed by atoms with E-state index >= 15 is 0 Å². The molecule has 258 valence electrons. The van der Waals surface area contributed by atoms with Crippen LogP contribution in [0.15, 0.2) is 72.8 Å². The van der Waals surface area contributed by atoms with E-state index < -0.39 is 0 Å². The highest BCUT2D eigenvalue weighted by Crippen LogP contribution is 2.61. The zero-order valence-corrected chi connectivity index (χ0v) is 29.9. The summed E-state index contributed by atoms with van der Waals surface area (Å²) in [4.78, 5) is 14.8. The second-order valence-electron chi connectivity index (χ2n) is 14.1. The van der Waals surface area contributed by atoms with Crippen molar-refractivity contribution in [2.24, 2.45) is 17.3 Å². The van der Waals surface area contributed by atoms with Gasteiger partial charge in [-0.15, -0.1) is 23.2 Å². The van der Waals surface area contributed by atoms with Gasteiger partial charge in [0, 0.05) is 37.1 Å². The summed E-state index contributed by atoms with van der Waals surface area (Å²) in [6, 6.07) is 24.4. The molecule has 0 N–H and O–H groups in total. The maximum Gasteiger partial charge on any atom is 0.343 e. The fourth-order valence-electron chi connectivity index (χ4n) is 8.92. The van der Waals surface area contributed by atoms with Crippen LogP contribution in [0.4, 0.5) is 5.69 Å². The lowest BCUT2D eigenvalue weighted by Crippen LogP contribution is -2.45. The van der Waals surface area contributed by atoms with Crippen LogP contribution in [0.5, 0.6) is 5.75 Å². The van der Waals surface area contributed by atoms with E-state index in [2.05, 4.69) is 48.2 Å². The van der Waals surface area contributed by atoms with Gasteiger partial charge in [-0.1, -0.05) is 43.3 Å². The number of hydrogen-bond donors (Lipinski definition) is 0. The third-order valence-electron chi connectivity index (χ3n) is 11.4. The van der Waals surface area contributed by atoms with Crippen LogP contribution in [0.25, 0.3) is 0 Å². The number of ether oxygens (including phenoxy) is 3. The number of esters is 1. The van der Waals surface area contributed by atoms with Crippen molar-refractivity contribution in [3.63, 3.8) is 0 Å². The normalized spacial score (nSPS) is 24.4. The number of rotatable bonds is 16. The van der Waals surface area contributed by atoms with Crippen LogP contribution in [0.3, 0.4) is 0 Å². The molecule has 7 heteroatoms. The summed E-state index contributed by atoms with van der Waals surface area (Å²) in [6.45, 7) is 6.24. The second kappa shape index (κ2) is 16.9. The van der Waals surface area contributed by atoms with Crippen LogP contribution in [0.1, 0.15) is 84.8 Å². The van der Waals surface area contributed by atoms with E-state index in [4.69, 9.17) is 37.4 Å². The number of carbonyl (C=O) groups excluding carboxylic acids is 1. The first-order valence-corrected chi connectivity index (χ1v) is 19.1. The van der Waals surface area contributed by atoms with Crippen molar-refractivity contribution < 1.29 is 19.0 Å². The van der Waals surface area contributed by atoms with Crippen LogP contribution in [0.2, 0.25) is 0 Å². The van der Waals surface area contributed by atoms with Crippen molar-refractivity contribution in [1.82, 2.24) is 0 Å². The molecule has 5 nitrogen and oxygen atoms in total. The van der Waals surface area contributed by atoms with Gasteiger partial charge in [-0.2, -0.15) is 0 Å². The van der Waals surface area contributed by atoms with Crippen LogP contribution < -0.4 is 9.64 Å². The minimum atomic E-state index is -0.299. The molecule has 0 saturated heterocycles. The van der Waals surface area contributed by atoms with Gasteiger partial charge < -0.3 is 19.1 Å². The van der Waals surface area contributed by atoms with E-state index in [0.29, 0.717) is 60.1 Å². The van der Waals surface area contributed by atoms with Gasteiger partial charge in [0.1, 0.15) is 5.75 Å². The Morgan fingerprint density at radius 3 is 2.44 bits per heavy atom. The lowest BCUT2D eigenvalue weighted by atomic mass is 9.55. The van der Waals surface area contributed by atoms with E-state index in [-0.39, 0.29) is 11.4 Å². The number of aryl methyl sites for hydroxylation is 2. The summed E-state index contributed by atoms with van der Waals surface area (Å²) in [5, 5.41) is 0. The first-order chi connectivity index (χ1) is 23.5. The molecule has 0 unspecified atom stereocenters. The van der Waals surface area contributed by atoms with Gasteiger partial charge in [0.2, 0.25) is 0 Å². The summed E-state index contributed by atoms with van der Waals surface area (Å²) in [6.07, 6.45) is 10.6. The summed E-state index contributed by atoms with van der Waals surface area (Å²) in [7, 11) is 0. The topological polar surface area (TPSA) is 48.0 Å². The van der Waals surface area contributed by atoms with E-state index in [9.17, 15) is 4.79 Å². The molecule has 3 aliphatic carbocycles.